The van der Waals surface area contributed by atoms with Gasteiger partial charge in [-0.25, -0.2) is 0 Å². The average molecular weight is 481 g/mol. The van der Waals surface area contributed by atoms with Crippen LogP contribution in [0.2, 0.25) is 5.02 Å². The Balaban J connectivity index is 1.28. The summed E-state index contributed by atoms with van der Waals surface area (Å²) in [6.07, 6.45) is 0. The van der Waals surface area contributed by atoms with Crippen molar-refractivity contribution >= 4 is 44.7 Å². The fourth-order valence-electron chi connectivity index (χ4n) is 4.00. The summed E-state index contributed by atoms with van der Waals surface area (Å²) in [4.78, 5) is 17.0. The Kier molecular flexibility index (Phi) is 6.46. The van der Waals surface area contributed by atoms with Crippen molar-refractivity contribution in [2.45, 2.75) is 20.0 Å². The van der Waals surface area contributed by atoms with Gasteiger partial charge in [-0.05, 0) is 48.4 Å². The van der Waals surface area contributed by atoms with E-state index >= 15 is 0 Å². The first kappa shape index (κ1) is 22.1. The molecule has 1 saturated heterocycles. The molecule has 1 amide bonds. The number of nitrogens with one attached hydrogen (secondary N) is 1. The number of hydrogen-bond donors (Lipinski definition) is 1. The molecule has 0 atom stereocenters. The normalized spacial score (nSPS) is 14.6. The van der Waals surface area contributed by atoms with Gasteiger partial charge in [-0.2, -0.15) is 5.10 Å². The van der Waals surface area contributed by atoms with Crippen LogP contribution in [-0.2, 0) is 17.8 Å². The zero-order chi connectivity index (χ0) is 22.8. The molecule has 0 spiro atoms. The van der Waals surface area contributed by atoms with Crippen LogP contribution in [0.3, 0.4) is 0 Å². The minimum atomic E-state index is -0.102. The monoisotopic (exact) mass is 480 g/mol. The molecule has 3 heterocycles. The van der Waals surface area contributed by atoms with E-state index in [9.17, 15) is 4.79 Å². The largest absolute Gasteiger partial charge is 0.379 e. The highest BCUT2D eigenvalue weighted by Crippen LogP contribution is 2.29. The summed E-state index contributed by atoms with van der Waals surface area (Å²) in [5, 5.41) is 9.41. The van der Waals surface area contributed by atoms with Crippen LogP contribution in [-0.4, -0.2) is 46.9 Å². The number of thiophene rings is 1. The third kappa shape index (κ3) is 5.12. The maximum absolute atomic E-state index is 12.9. The fourth-order valence-corrected chi connectivity index (χ4v) is 5.18. The van der Waals surface area contributed by atoms with Gasteiger partial charge < -0.3 is 10.1 Å². The minimum absolute atomic E-state index is 0.102. The Labute approximate surface area is 201 Å². The van der Waals surface area contributed by atoms with E-state index in [0.29, 0.717) is 16.4 Å². The van der Waals surface area contributed by atoms with E-state index in [4.69, 9.17) is 16.3 Å². The summed E-state index contributed by atoms with van der Waals surface area (Å²) in [5.74, 6) is -0.102. The van der Waals surface area contributed by atoms with Gasteiger partial charge in [-0.1, -0.05) is 35.9 Å². The number of anilines is 1. The lowest BCUT2D eigenvalue weighted by Crippen LogP contribution is -2.35. The summed E-state index contributed by atoms with van der Waals surface area (Å²) in [6, 6.07) is 17.8. The van der Waals surface area contributed by atoms with Crippen LogP contribution in [0.4, 0.5) is 5.69 Å². The van der Waals surface area contributed by atoms with Crippen LogP contribution in [0.5, 0.6) is 0 Å². The predicted molar refractivity (Wildman–Crippen MR) is 133 cm³/mol. The highest BCUT2D eigenvalue weighted by Gasteiger charge is 2.17. The number of amides is 1. The van der Waals surface area contributed by atoms with Crippen molar-refractivity contribution < 1.29 is 9.53 Å². The predicted octanol–water partition coefficient (Wildman–Crippen LogP) is 5.19. The van der Waals surface area contributed by atoms with Crippen molar-refractivity contribution in [2.24, 2.45) is 0 Å². The van der Waals surface area contributed by atoms with E-state index in [1.807, 2.05) is 54.1 Å². The molecule has 1 aliphatic heterocycles. The van der Waals surface area contributed by atoms with Crippen LogP contribution < -0.4 is 5.32 Å². The van der Waals surface area contributed by atoms with E-state index in [-0.39, 0.29) is 5.91 Å². The van der Waals surface area contributed by atoms with Gasteiger partial charge in [-0.15, -0.1) is 11.3 Å². The van der Waals surface area contributed by atoms with Gasteiger partial charge in [0.2, 0.25) is 0 Å². The van der Waals surface area contributed by atoms with Crippen LogP contribution >= 0.6 is 22.9 Å². The Bertz CT molecular complexity index is 1260. The minimum Gasteiger partial charge on any atom is -0.379 e. The molecule has 1 fully saturated rings. The fraction of sp³-hybridized carbons (Fsp3) is 0.280. The molecule has 1 aliphatic rings. The van der Waals surface area contributed by atoms with Crippen molar-refractivity contribution in [3.05, 3.63) is 81.3 Å². The number of morpholine rings is 1. The van der Waals surface area contributed by atoms with Gasteiger partial charge in [0.15, 0.2) is 0 Å². The lowest BCUT2D eigenvalue weighted by atomic mass is 10.2. The number of rotatable bonds is 6. The lowest BCUT2D eigenvalue weighted by molar-refractivity contribution is 0.0342. The number of halogens is 1. The van der Waals surface area contributed by atoms with Gasteiger partial charge in [0.05, 0.1) is 30.3 Å². The quantitative estimate of drug-likeness (QED) is 0.412. The zero-order valence-corrected chi connectivity index (χ0v) is 20.0. The molecule has 0 radical (unpaired) electrons. The second-order valence-electron chi connectivity index (χ2n) is 8.24. The summed E-state index contributed by atoms with van der Waals surface area (Å²) in [6.45, 7) is 7.01. The zero-order valence-electron chi connectivity index (χ0n) is 18.4. The first-order valence-electron chi connectivity index (χ1n) is 11.0. The highest BCUT2D eigenvalue weighted by molar-refractivity contribution is 7.20. The van der Waals surface area contributed by atoms with Crippen LogP contribution in [0.25, 0.3) is 10.2 Å². The molecule has 6 nitrogen and oxygen atoms in total. The molecule has 1 N–H and O–H groups in total. The van der Waals surface area contributed by atoms with Gasteiger partial charge >= 0.3 is 0 Å². The molecule has 2 aromatic heterocycles. The molecule has 4 aromatic rings. The summed E-state index contributed by atoms with van der Waals surface area (Å²) in [5.41, 5.74) is 4.06. The van der Waals surface area contributed by atoms with Gasteiger partial charge in [0, 0.05) is 35.7 Å². The second-order valence-corrected chi connectivity index (χ2v) is 9.71. The Morgan fingerprint density at radius 2 is 1.73 bits per heavy atom. The number of fused-ring (bicyclic) bond motifs is 1. The molecule has 0 aliphatic carbocycles. The number of hydrogen-bond acceptors (Lipinski definition) is 5. The van der Waals surface area contributed by atoms with Crippen LogP contribution in [0, 0.1) is 6.92 Å². The number of aryl methyl sites for hydroxylation is 1. The maximum atomic E-state index is 12.9. The van der Waals surface area contributed by atoms with Crippen molar-refractivity contribution in [1.29, 1.82) is 0 Å². The van der Waals surface area contributed by atoms with E-state index in [0.717, 1.165) is 60.0 Å². The SMILES string of the molecule is Cc1nn(Cc2ccc(Cl)cc2)c2sc(C(=O)Nc3ccc(CN4CCOCC4)cc3)cc12. The summed E-state index contributed by atoms with van der Waals surface area (Å²) >= 11 is 7.46. The molecule has 0 saturated carbocycles. The number of benzene rings is 2. The Morgan fingerprint density at radius 1 is 1.06 bits per heavy atom. The lowest BCUT2D eigenvalue weighted by Gasteiger charge is -2.26. The molecule has 0 unspecified atom stereocenters. The number of nitrogens with zero attached hydrogens (tertiary/aromatic N) is 3. The molecule has 2 aromatic carbocycles. The standard InChI is InChI=1S/C25H25ClN4O2S/c1-17-22-14-23(33-25(22)30(28-17)16-19-2-6-20(26)7-3-19)24(31)27-21-8-4-18(5-9-21)15-29-10-12-32-13-11-29/h2-9,14H,10-13,15-16H2,1H3,(H,27,31). The molecule has 8 heteroatoms. The molecule has 5 rings (SSSR count). The van der Waals surface area contributed by atoms with E-state index in [1.165, 1.54) is 16.9 Å². The Hall–Kier alpha value is -2.71. The van der Waals surface area contributed by atoms with Crippen molar-refractivity contribution in [2.75, 3.05) is 31.6 Å². The van der Waals surface area contributed by atoms with Gasteiger partial charge in [0.25, 0.3) is 5.91 Å². The molecular formula is C25H25ClN4O2S. The van der Waals surface area contributed by atoms with Crippen LogP contribution in [0.1, 0.15) is 26.5 Å². The summed E-state index contributed by atoms with van der Waals surface area (Å²) < 4.78 is 7.36. The molecular weight excluding hydrogens is 456 g/mol. The van der Waals surface area contributed by atoms with E-state index in [1.54, 1.807) is 0 Å². The number of ether oxygens (including phenoxy) is 1. The van der Waals surface area contributed by atoms with Crippen molar-refractivity contribution in [3.8, 4) is 0 Å². The van der Waals surface area contributed by atoms with E-state index < -0.39 is 0 Å². The Morgan fingerprint density at radius 3 is 2.45 bits per heavy atom. The maximum Gasteiger partial charge on any atom is 0.265 e. The first-order valence-corrected chi connectivity index (χ1v) is 12.2. The molecule has 33 heavy (non-hydrogen) atoms. The van der Waals surface area contributed by atoms with E-state index in [2.05, 4.69) is 27.4 Å². The third-order valence-corrected chi connectivity index (χ3v) is 7.20. The van der Waals surface area contributed by atoms with Gasteiger partial charge in [-0.3, -0.25) is 14.4 Å². The van der Waals surface area contributed by atoms with Crippen molar-refractivity contribution in [3.63, 3.8) is 0 Å². The number of carbonyl (C=O) groups is 1. The number of aromatic nitrogens is 2. The average Bonchev–Trinajstić information content (AvgIpc) is 3.39. The molecule has 0 bridgehead atoms. The first-order chi connectivity index (χ1) is 16.0. The topological polar surface area (TPSA) is 59.4 Å². The van der Waals surface area contributed by atoms with Gasteiger partial charge in [0.1, 0.15) is 4.83 Å². The highest BCUT2D eigenvalue weighted by atomic mass is 35.5. The second kappa shape index (κ2) is 9.65. The smallest absolute Gasteiger partial charge is 0.265 e. The van der Waals surface area contributed by atoms with Crippen LogP contribution in [0.15, 0.2) is 54.6 Å². The van der Waals surface area contributed by atoms with Crippen molar-refractivity contribution in [1.82, 2.24) is 14.7 Å². The third-order valence-electron chi connectivity index (χ3n) is 5.80. The molecule has 170 valence electrons. The summed E-state index contributed by atoms with van der Waals surface area (Å²) in [7, 11) is 0. The number of carbonyl (C=O) groups excluding carboxylic acids is 1.